The molecule has 0 fully saturated rings. The van der Waals surface area contributed by atoms with E-state index >= 15 is 0 Å². The van der Waals surface area contributed by atoms with Crippen molar-refractivity contribution in [2.45, 2.75) is 19.3 Å². The first kappa shape index (κ1) is 15.7. The van der Waals surface area contributed by atoms with E-state index < -0.39 is 0 Å². The Bertz CT molecular complexity index is 1440. The van der Waals surface area contributed by atoms with Crippen LogP contribution >= 0.6 is 0 Å². The van der Waals surface area contributed by atoms with Gasteiger partial charge in [0.05, 0.1) is 0 Å². The normalized spacial score (nSPS) is 14.5. The highest BCUT2D eigenvalue weighted by Crippen LogP contribution is 2.51. The second kappa shape index (κ2) is 5.14. The maximum absolute atomic E-state index is 10.1. The molecule has 28 heavy (non-hydrogen) atoms. The minimum absolute atomic E-state index is 0.0188. The van der Waals surface area contributed by atoms with E-state index in [9.17, 15) is 5.11 Å². The molecule has 0 bridgehead atoms. The van der Waals surface area contributed by atoms with Crippen LogP contribution in [0.4, 0.5) is 0 Å². The molecule has 0 aromatic heterocycles. The van der Waals surface area contributed by atoms with Crippen molar-refractivity contribution in [1.29, 1.82) is 0 Å². The molecule has 6 rings (SSSR count). The molecule has 1 nitrogen and oxygen atoms in total. The van der Waals surface area contributed by atoms with Crippen molar-refractivity contribution in [2.75, 3.05) is 0 Å². The predicted molar refractivity (Wildman–Crippen MR) is 118 cm³/mol. The lowest BCUT2D eigenvalue weighted by Gasteiger charge is -2.22. The standard InChI is InChI=1S/C27H20O/c1-27(2)25-10-6-5-9-20(25)24-14-22-18-8-4-3-7-17(18)21-13-16(28)11-12-19(21)23(22)15-26(24)27/h3-15,28H,1-2H3. The van der Waals surface area contributed by atoms with Gasteiger partial charge in [0, 0.05) is 5.41 Å². The van der Waals surface area contributed by atoms with Crippen molar-refractivity contribution in [1.82, 2.24) is 0 Å². The van der Waals surface area contributed by atoms with Crippen LogP contribution in [0.1, 0.15) is 25.0 Å². The number of phenolic OH excluding ortho intramolecular Hbond substituents is 1. The van der Waals surface area contributed by atoms with E-state index in [4.69, 9.17) is 0 Å². The molecule has 0 spiro atoms. The number of phenols is 1. The number of hydrogen-bond acceptors (Lipinski definition) is 1. The maximum atomic E-state index is 10.1. The number of fused-ring (bicyclic) bond motifs is 9. The number of benzene rings is 5. The molecule has 0 aliphatic heterocycles. The molecule has 5 aromatic rings. The van der Waals surface area contributed by atoms with Crippen LogP contribution in [0.25, 0.3) is 43.4 Å². The summed E-state index contributed by atoms with van der Waals surface area (Å²) < 4.78 is 0. The summed E-state index contributed by atoms with van der Waals surface area (Å²) in [7, 11) is 0. The van der Waals surface area contributed by atoms with Gasteiger partial charge in [0.1, 0.15) is 5.75 Å². The van der Waals surface area contributed by atoms with Crippen molar-refractivity contribution in [3.8, 4) is 16.9 Å². The highest BCUT2D eigenvalue weighted by Gasteiger charge is 2.35. The molecule has 0 amide bonds. The summed E-state index contributed by atoms with van der Waals surface area (Å²) in [5.41, 5.74) is 5.45. The first-order chi connectivity index (χ1) is 13.6. The maximum Gasteiger partial charge on any atom is 0.116 e. The average molecular weight is 360 g/mol. The Hall–Kier alpha value is -3.32. The van der Waals surface area contributed by atoms with E-state index in [2.05, 4.69) is 80.6 Å². The SMILES string of the molecule is CC1(C)c2ccccc2-c2cc3c4ccccc4c4cc(O)ccc4c3cc21. The van der Waals surface area contributed by atoms with Crippen LogP contribution in [0.2, 0.25) is 0 Å². The van der Waals surface area contributed by atoms with E-state index in [0.29, 0.717) is 5.75 Å². The van der Waals surface area contributed by atoms with Crippen LogP contribution in [0.3, 0.4) is 0 Å². The van der Waals surface area contributed by atoms with Crippen LogP contribution in [0.15, 0.2) is 78.9 Å². The van der Waals surface area contributed by atoms with Gasteiger partial charge in [-0.15, -0.1) is 0 Å². The van der Waals surface area contributed by atoms with Gasteiger partial charge in [-0.25, -0.2) is 0 Å². The minimum Gasteiger partial charge on any atom is -0.508 e. The fraction of sp³-hybridized carbons (Fsp3) is 0.111. The quantitative estimate of drug-likeness (QED) is 0.291. The van der Waals surface area contributed by atoms with Crippen molar-refractivity contribution >= 4 is 32.3 Å². The minimum atomic E-state index is -0.0188. The van der Waals surface area contributed by atoms with Crippen molar-refractivity contribution in [2.24, 2.45) is 0 Å². The van der Waals surface area contributed by atoms with Crippen molar-refractivity contribution in [3.05, 3.63) is 90.0 Å². The summed E-state index contributed by atoms with van der Waals surface area (Å²) in [6.45, 7) is 4.64. The fourth-order valence-corrected chi connectivity index (χ4v) is 5.14. The Balaban J connectivity index is 1.87. The van der Waals surface area contributed by atoms with E-state index in [1.807, 2.05) is 6.07 Å². The largest absolute Gasteiger partial charge is 0.508 e. The Labute approximate surface area is 163 Å². The zero-order chi connectivity index (χ0) is 19.0. The summed E-state index contributed by atoms with van der Waals surface area (Å²) >= 11 is 0. The molecular weight excluding hydrogens is 340 g/mol. The van der Waals surface area contributed by atoms with Gasteiger partial charge < -0.3 is 5.11 Å². The first-order valence-electron chi connectivity index (χ1n) is 9.77. The van der Waals surface area contributed by atoms with E-state index in [0.717, 1.165) is 5.39 Å². The smallest absolute Gasteiger partial charge is 0.116 e. The summed E-state index contributed by atoms with van der Waals surface area (Å²) in [5.74, 6) is 0.311. The lowest BCUT2D eigenvalue weighted by molar-refractivity contribution is 0.476. The van der Waals surface area contributed by atoms with Crippen LogP contribution in [-0.4, -0.2) is 5.11 Å². The molecule has 0 heterocycles. The second-order valence-electron chi connectivity index (χ2n) is 8.39. The molecule has 5 aromatic carbocycles. The Morgan fingerprint density at radius 3 is 1.93 bits per heavy atom. The Morgan fingerprint density at radius 1 is 0.536 bits per heavy atom. The Kier molecular flexibility index (Phi) is 2.88. The third kappa shape index (κ3) is 1.86. The second-order valence-corrected chi connectivity index (χ2v) is 8.39. The van der Waals surface area contributed by atoms with E-state index in [1.54, 1.807) is 6.07 Å². The van der Waals surface area contributed by atoms with Gasteiger partial charge in [-0.1, -0.05) is 68.4 Å². The van der Waals surface area contributed by atoms with Crippen molar-refractivity contribution < 1.29 is 5.11 Å². The van der Waals surface area contributed by atoms with Crippen LogP contribution in [-0.2, 0) is 5.41 Å². The van der Waals surface area contributed by atoms with Gasteiger partial charge in [0.2, 0.25) is 0 Å². The molecule has 0 atom stereocenters. The number of hydrogen-bond donors (Lipinski definition) is 1. The molecule has 0 radical (unpaired) electrons. The number of rotatable bonds is 0. The molecular formula is C27H20O. The third-order valence-corrected chi connectivity index (χ3v) is 6.52. The van der Waals surface area contributed by atoms with Gasteiger partial charge >= 0.3 is 0 Å². The zero-order valence-corrected chi connectivity index (χ0v) is 16.0. The molecule has 1 N–H and O–H groups in total. The molecule has 0 saturated carbocycles. The molecule has 1 aliphatic rings. The van der Waals surface area contributed by atoms with Gasteiger partial charge in [-0.2, -0.15) is 0 Å². The first-order valence-corrected chi connectivity index (χ1v) is 9.77. The van der Waals surface area contributed by atoms with Gasteiger partial charge in [-0.05, 0) is 78.8 Å². The van der Waals surface area contributed by atoms with Gasteiger partial charge in [-0.3, -0.25) is 0 Å². The molecule has 0 unspecified atom stereocenters. The average Bonchev–Trinajstić information content (AvgIpc) is 2.94. The van der Waals surface area contributed by atoms with E-state index in [-0.39, 0.29) is 5.41 Å². The molecule has 0 saturated heterocycles. The van der Waals surface area contributed by atoms with Crippen LogP contribution < -0.4 is 0 Å². The summed E-state index contributed by atoms with van der Waals surface area (Å²) in [4.78, 5) is 0. The van der Waals surface area contributed by atoms with Gasteiger partial charge in [0.25, 0.3) is 0 Å². The van der Waals surface area contributed by atoms with E-state index in [1.165, 1.54) is 49.2 Å². The molecule has 1 aliphatic carbocycles. The molecule has 134 valence electrons. The lowest BCUT2D eigenvalue weighted by Crippen LogP contribution is -2.14. The number of aromatic hydroxyl groups is 1. The fourth-order valence-electron chi connectivity index (χ4n) is 5.14. The zero-order valence-electron chi connectivity index (χ0n) is 16.0. The van der Waals surface area contributed by atoms with Gasteiger partial charge in [0.15, 0.2) is 0 Å². The Morgan fingerprint density at radius 2 is 1.14 bits per heavy atom. The molecule has 1 heteroatoms. The van der Waals surface area contributed by atoms with Crippen LogP contribution in [0, 0.1) is 0 Å². The monoisotopic (exact) mass is 360 g/mol. The predicted octanol–water partition coefficient (Wildman–Crippen LogP) is 7.16. The highest BCUT2D eigenvalue weighted by molar-refractivity contribution is 6.26. The topological polar surface area (TPSA) is 20.2 Å². The summed E-state index contributed by atoms with van der Waals surface area (Å²) in [6.07, 6.45) is 0. The summed E-state index contributed by atoms with van der Waals surface area (Å²) in [6, 6.07) is 27.8. The summed E-state index contributed by atoms with van der Waals surface area (Å²) in [5, 5.41) is 17.4. The highest BCUT2D eigenvalue weighted by atomic mass is 16.3. The van der Waals surface area contributed by atoms with Crippen LogP contribution in [0.5, 0.6) is 5.75 Å². The third-order valence-electron chi connectivity index (χ3n) is 6.52. The lowest BCUT2D eigenvalue weighted by atomic mass is 9.81. The van der Waals surface area contributed by atoms with Crippen molar-refractivity contribution in [3.63, 3.8) is 0 Å².